The summed E-state index contributed by atoms with van der Waals surface area (Å²) in [5, 5.41) is 6.46. The second-order valence-corrected chi connectivity index (χ2v) is 7.00. The number of rotatable bonds is 9. The molecule has 2 aliphatic heterocycles. The molecule has 0 radical (unpaired) electrons. The van der Waals surface area contributed by atoms with Crippen LogP contribution in [0.2, 0.25) is 0 Å². The molecular weight excluding hydrogens is 324 g/mol. The maximum atomic E-state index is 12.7. The molecule has 4 nitrogen and oxygen atoms in total. The number of benzene rings is 1. The highest BCUT2D eigenvalue weighted by Gasteiger charge is 2.32. The summed E-state index contributed by atoms with van der Waals surface area (Å²) in [6, 6.07) is 4.20. The third kappa shape index (κ3) is 4.25. The normalized spacial score (nSPS) is 16.6. The van der Waals surface area contributed by atoms with Crippen LogP contribution in [0.25, 0.3) is 5.70 Å². The number of alkyl halides is 2. The molecule has 1 saturated heterocycles. The zero-order chi connectivity index (χ0) is 18.0. The summed E-state index contributed by atoms with van der Waals surface area (Å²) in [6.07, 6.45) is 2.20. The average Bonchev–Trinajstić information content (AvgIpc) is 2.46. The summed E-state index contributed by atoms with van der Waals surface area (Å²) in [5.74, 6) is -2.05. The summed E-state index contributed by atoms with van der Waals surface area (Å²) in [6.45, 7) is 10.4. The number of hydrogen-bond acceptors (Lipinski definition) is 3. The number of ether oxygens (including phenoxy) is 1. The Bertz CT molecular complexity index is 691. The number of fused-ring (bicyclic) bond motifs is 1. The first-order chi connectivity index (χ1) is 11.8. The van der Waals surface area contributed by atoms with E-state index in [1.54, 1.807) is 0 Å². The maximum Gasteiger partial charge on any atom is 0.268 e. The fourth-order valence-electron chi connectivity index (χ4n) is 3.14. The van der Waals surface area contributed by atoms with Crippen LogP contribution in [-0.4, -0.2) is 56.1 Å². The van der Waals surface area contributed by atoms with E-state index in [0.717, 1.165) is 43.7 Å². The molecule has 2 aliphatic rings. The minimum atomic E-state index is -2.79. The molecule has 0 spiro atoms. The molecule has 1 aromatic carbocycles. The van der Waals surface area contributed by atoms with Crippen molar-refractivity contribution in [3.63, 3.8) is 0 Å². The van der Waals surface area contributed by atoms with E-state index in [2.05, 4.69) is 47.1 Å². The molecule has 0 unspecified atom stereocenters. The van der Waals surface area contributed by atoms with Crippen molar-refractivity contribution in [3.05, 3.63) is 35.4 Å². The van der Waals surface area contributed by atoms with Crippen LogP contribution in [0.5, 0.6) is 0 Å². The van der Waals surface area contributed by atoms with Gasteiger partial charge in [-0.3, -0.25) is 0 Å². The van der Waals surface area contributed by atoms with Crippen molar-refractivity contribution in [1.82, 2.24) is 10.6 Å². The van der Waals surface area contributed by atoms with Crippen LogP contribution in [0.15, 0.2) is 18.7 Å². The van der Waals surface area contributed by atoms with Gasteiger partial charge in [0.2, 0.25) is 5.69 Å². The molecule has 0 aliphatic carbocycles. The van der Waals surface area contributed by atoms with E-state index in [1.807, 2.05) is 0 Å². The molecule has 3 rings (SSSR count). The largest absolute Gasteiger partial charge is 0.383 e. The number of nitrogens with zero attached hydrogens (tertiary/aromatic N) is 1. The molecule has 136 valence electrons. The van der Waals surface area contributed by atoms with E-state index in [4.69, 9.17) is 4.74 Å². The Hall–Kier alpha value is -1.79. The Kier molecular flexibility index (Phi) is 5.20. The lowest BCUT2D eigenvalue weighted by atomic mass is 9.94. The minimum absolute atomic E-state index is 0.224. The predicted molar refractivity (Wildman–Crippen MR) is 96.0 cm³/mol. The molecule has 1 aromatic rings. The molecule has 6 heteroatoms. The van der Waals surface area contributed by atoms with E-state index in [9.17, 15) is 8.78 Å². The van der Waals surface area contributed by atoms with Crippen molar-refractivity contribution in [2.75, 3.05) is 39.4 Å². The van der Waals surface area contributed by atoms with Crippen molar-refractivity contribution in [2.24, 2.45) is 5.92 Å². The van der Waals surface area contributed by atoms with E-state index >= 15 is 0 Å². The standard InChI is InChI=1S/C19H26F2N3O/c1-13-16(14(2)23-6-7-25-12-19(3,20)21)4-5-18-17(13)11-24(18)10-15-8-22-9-15/h4-5,11,15,22-23H,2,6-10,12H2,1,3H3/q+1. The molecule has 0 aromatic heterocycles. The van der Waals surface area contributed by atoms with Gasteiger partial charge in [0.25, 0.3) is 5.92 Å². The van der Waals surface area contributed by atoms with Crippen LogP contribution in [0.1, 0.15) is 23.6 Å². The molecule has 2 N–H and O–H groups in total. The summed E-state index contributed by atoms with van der Waals surface area (Å²) >= 11 is 0. The molecule has 25 heavy (non-hydrogen) atoms. The highest BCUT2D eigenvalue weighted by Crippen LogP contribution is 2.32. The van der Waals surface area contributed by atoms with Crippen molar-refractivity contribution in [3.8, 4) is 0 Å². The molecular formula is C19H26F2N3O+. The molecule has 0 amide bonds. The molecule has 0 bridgehead atoms. The van der Waals surface area contributed by atoms with Crippen molar-refractivity contribution in [1.29, 1.82) is 0 Å². The van der Waals surface area contributed by atoms with Crippen molar-refractivity contribution < 1.29 is 18.1 Å². The Morgan fingerprint density at radius 3 is 2.84 bits per heavy atom. The molecule has 0 atom stereocenters. The van der Waals surface area contributed by atoms with Crippen LogP contribution in [0.4, 0.5) is 14.5 Å². The molecule has 1 fully saturated rings. The van der Waals surface area contributed by atoms with Gasteiger partial charge in [-0.15, -0.1) is 0 Å². The third-order valence-corrected chi connectivity index (χ3v) is 4.67. The highest BCUT2D eigenvalue weighted by molar-refractivity contribution is 5.92. The van der Waals surface area contributed by atoms with E-state index in [0.29, 0.717) is 6.54 Å². The Balaban J connectivity index is 1.51. The second-order valence-electron chi connectivity index (χ2n) is 7.00. The van der Waals surface area contributed by atoms with E-state index in [-0.39, 0.29) is 6.61 Å². The van der Waals surface area contributed by atoms with Crippen LogP contribution < -0.4 is 10.6 Å². The van der Waals surface area contributed by atoms with Gasteiger partial charge < -0.3 is 15.4 Å². The minimum Gasteiger partial charge on any atom is -0.383 e. The zero-order valence-corrected chi connectivity index (χ0v) is 14.9. The number of hydrogen-bond donors (Lipinski definition) is 2. The van der Waals surface area contributed by atoms with Gasteiger partial charge in [-0.05, 0) is 18.6 Å². The lowest BCUT2D eigenvalue weighted by Gasteiger charge is -2.27. The van der Waals surface area contributed by atoms with E-state index in [1.165, 1.54) is 16.8 Å². The lowest BCUT2D eigenvalue weighted by molar-refractivity contribution is -0.457. The van der Waals surface area contributed by atoms with Gasteiger partial charge in [0, 0.05) is 49.8 Å². The Morgan fingerprint density at radius 1 is 1.44 bits per heavy atom. The molecule has 2 heterocycles. The quantitative estimate of drug-likeness (QED) is 0.531. The van der Waals surface area contributed by atoms with Gasteiger partial charge in [0.1, 0.15) is 12.2 Å². The fourth-order valence-corrected chi connectivity index (χ4v) is 3.14. The highest BCUT2D eigenvalue weighted by atomic mass is 19.3. The van der Waals surface area contributed by atoms with Gasteiger partial charge in [-0.2, -0.15) is 4.58 Å². The first-order valence-corrected chi connectivity index (χ1v) is 8.70. The predicted octanol–water partition coefficient (Wildman–Crippen LogP) is 2.52. The third-order valence-electron chi connectivity index (χ3n) is 4.67. The smallest absolute Gasteiger partial charge is 0.268 e. The Morgan fingerprint density at radius 2 is 2.20 bits per heavy atom. The van der Waals surface area contributed by atoms with Gasteiger partial charge in [-0.1, -0.05) is 6.58 Å². The summed E-state index contributed by atoms with van der Waals surface area (Å²) < 4.78 is 32.6. The summed E-state index contributed by atoms with van der Waals surface area (Å²) in [4.78, 5) is 0. The van der Waals surface area contributed by atoms with Gasteiger partial charge in [0.05, 0.1) is 6.61 Å². The number of nitrogens with one attached hydrogen (secondary N) is 2. The molecule has 0 saturated carbocycles. The second kappa shape index (κ2) is 7.22. The average molecular weight is 350 g/mol. The van der Waals surface area contributed by atoms with Crippen LogP contribution >= 0.6 is 0 Å². The lowest BCUT2D eigenvalue weighted by Crippen LogP contribution is -2.46. The van der Waals surface area contributed by atoms with Crippen molar-refractivity contribution in [2.45, 2.75) is 19.8 Å². The van der Waals surface area contributed by atoms with Gasteiger partial charge >= 0.3 is 0 Å². The maximum absolute atomic E-state index is 12.7. The topological polar surface area (TPSA) is 36.3 Å². The first-order valence-electron chi connectivity index (χ1n) is 8.70. The van der Waals surface area contributed by atoms with Gasteiger partial charge in [0.15, 0.2) is 12.8 Å². The van der Waals surface area contributed by atoms with Crippen molar-refractivity contribution >= 4 is 17.6 Å². The van der Waals surface area contributed by atoms with Gasteiger partial charge in [-0.25, -0.2) is 8.78 Å². The van der Waals surface area contributed by atoms with Crippen LogP contribution in [0, 0.1) is 12.8 Å². The summed E-state index contributed by atoms with van der Waals surface area (Å²) in [5.41, 5.74) is 5.58. The monoisotopic (exact) mass is 350 g/mol. The fraction of sp³-hybridized carbons (Fsp3) is 0.526. The van der Waals surface area contributed by atoms with Crippen LogP contribution in [-0.2, 0) is 4.74 Å². The number of halogens is 2. The Labute approximate surface area is 147 Å². The SMILES string of the molecule is C=C(NCCOCC(C)(F)F)c1ccc2c(c1C)C=[N+]2CC1CNC1. The summed E-state index contributed by atoms with van der Waals surface area (Å²) in [7, 11) is 0. The first kappa shape index (κ1) is 18.0. The van der Waals surface area contributed by atoms with Crippen LogP contribution in [0.3, 0.4) is 0 Å². The van der Waals surface area contributed by atoms with E-state index < -0.39 is 12.5 Å². The zero-order valence-electron chi connectivity index (χ0n) is 14.9.